The quantitative estimate of drug-likeness (QED) is 0.650. The summed E-state index contributed by atoms with van der Waals surface area (Å²) in [7, 11) is 0. The second-order valence-corrected chi connectivity index (χ2v) is 8.69. The van der Waals surface area contributed by atoms with E-state index in [1.54, 1.807) is 6.07 Å². The Morgan fingerprint density at radius 2 is 1.68 bits per heavy atom. The van der Waals surface area contributed by atoms with Crippen LogP contribution in [-0.2, 0) is 25.8 Å². The molecule has 1 amide bonds. The number of nitrogens with two attached hydrogens (primary N) is 1. The Balaban J connectivity index is 1.31. The second kappa shape index (κ2) is 8.56. The Hall–Kier alpha value is -3.11. The third-order valence-corrected chi connectivity index (χ3v) is 6.55. The highest BCUT2D eigenvalue weighted by molar-refractivity contribution is 5.93. The van der Waals surface area contributed by atoms with E-state index in [2.05, 4.69) is 53.4 Å². The first-order chi connectivity index (χ1) is 15.2. The molecule has 0 saturated carbocycles. The lowest BCUT2D eigenvalue weighted by Gasteiger charge is -2.25. The Morgan fingerprint density at radius 1 is 0.935 bits per heavy atom. The second-order valence-electron chi connectivity index (χ2n) is 8.69. The molecule has 0 spiro atoms. The number of likely N-dealkylation sites (tertiary alicyclic amines) is 1. The summed E-state index contributed by atoms with van der Waals surface area (Å²) in [6.07, 6.45) is 5.38. The number of nitrogens with zero attached hydrogens (tertiary/aromatic N) is 1. The van der Waals surface area contributed by atoms with Gasteiger partial charge in [0.2, 0.25) is 5.91 Å². The number of aryl methyl sites for hydroxylation is 2. The summed E-state index contributed by atoms with van der Waals surface area (Å²) in [4.78, 5) is 14.1. The van der Waals surface area contributed by atoms with E-state index < -0.39 is 5.91 Å². The molecule has 2 aliphatic heterocycles. The summed E-state index contributed by atoms with van der Waals surface area (Å²) in [5, 5.41) is 0. The lowest BCUT2D eigenvalue weighted by atomic mass is 10.0. The van der Waals surface area contributed by atoms with Gasteiger partial charge < -0.3 is 10.5 Å². The molecular formula is C27H28N2O2. The first kappa shape index (κ1) is 19.8. The van der Waals surface area contributed by atoms with Crippen molar-refractivity contribution in [1.82, 2.24) is 4.90 Å². The van der Waals surface area contributed by atoms with Gasteiger partial charge in [-0.15, -0.1) is 0 Å². The Morgan fingerprint density at radius 3 is 2.45 bits per heavy atom. The van der Waals surface area contributed by atoms with Crippen molar-refractivity contribution in [2.24, 2.45) is 5.73 Å². The lowest BCUT2D eigenvalue weighted by molar-refractivity contribution is 0.1000. The zero-order valence-electron chi connectivity index (χ0n) is 17.7. The van der Waals surface area contributed by atoms with Crippen molar-refractivity contribution in [2.75, 3.05) is 6.54 Å². The van der Waals surface area contributed by atoms with Crippen molar-refractivity contribution in [1.29, 1.82) is 0 Å². The number of carbonyl (C=O) groups excluding carboxylic acids is 1. The maximum absolute atomic E-state index is 11.5. The highest BCUT2D eigenvalue weighted by Gasteiger charge is 2.25. The molecule has 3 aromatic rings. The van der Waals surface area contributed by atoms with Gasteiger partial charge in [0.15, 0.2) is 0 Å². The summed E-state index contributed by atoms with van der Waals surface area (Å²) in [5.41, 5.74) is 11.0. The molecule has 1 atom stereocenters. The SMILES string of the molecule is NC(=O)c1ccc2c(c1)CCc1cc(CN3CCCC3Cc3ccccc3)ccc1O2. The van der Waals surface area contributed by atoms with Crippen molar-refractivity contribution in [3.63, 3.8) is 0 Å². The molecule has 1 fully saturated rings. The number of rotatable bonds is 5. The van der Waals surface area contributed by atoms with Crippen molar-refractivity contribution in [3.8, 4) is 11.5 Å². The normalized spacial score (nSPS) is 18.0. The van der Waals surface area contributed by atoms with Crippen molar-refractivity contribution >= 4 is 5.91 Å². The fraction of sp³-hybridized carbons (Fsp3) is 0.296. The van der Waals surface area contributed by atoms with E-state index in [0.29, 0.717) is 11.6 Å². The minimum atomic E-state index is -0.400. The third-order valence-electron chi connectivity index (χ3n) is 6.55. The van der Waals surface area contributed by atoms with Crippen LogP contribution in [0.15, 0.2) is 66.7 Å². The molecule has 31 heavy (non-hydrogen) atoms. The van der Waals surface area contributed by atoms with Crippen LogP contribution in [-0.4, -0.2) is 23.4 Å². The van der Waals surface area contributed by atoms with Crippen LogP contribution in [0.25, 0.3) is 0 Å². The van der Waals surface area contributed by atoms with E-state index in [0.717, 1.165) is 49.4 Å². The highest BCUT2D eigenvalue weighted by Crippen LogP contribution is 2.35. The van der Waals surface area contributed by atoms with Crippen LogP contribution in [0.3, 0.4) is 0 Å². The number of hydrogen-bond donors (Lipinski definition) is 1. The molecule has 0 radical (unpaired) electrons. The molecule has 1 unspecified atom stereocenters. The van der Waals surface area contributed by atoms with Gasteiger partial charge in [-0.25, -0.2) is 0 Å². The van der Waals surface area contributed by atoms with Gasteiger partial charge in [0.25, 0.3) is 0 Å². The molecule has 2 heterocycles. The summed E-state index contributed by atoms with van der Waals surface area (Å²) in [6, 6.07) is 23.5. The largest absolute Gasteiger partial charge is 0.457 e. The van der Waals surface area contributed by atoms with Crippen LogP contribution >= 0.6 is 0 Å². The monoisotopic (exact) mass is 412 g/mol. The smallest absolute Gasteiger partial charge is 0.248 e. The Labute approximate surface area is 183 Å². The molecule has 3 aromatic carbocycles. The average Bonchev–Trinajstić information content (AvgIpc) is 3.12. The molecule has 4 heteroatoms. The first-order valence-corrected chi connectivity index (χ1v) is 11.2. The van der Waals surface area contributed by atoms with Gasteiger partial charge >= 0.3 is 0 Å². The minimum Gasteiger partial charge on any atom is -0.457 e. The van der Waals surface area contributed by atoms with Crippen LogP contribution in [0.2, 0.25) is 0 Å². The maximum atomic E-state index is 11.5. The zero-order valence-corrected chi connectivity index (χ0v) is 17.7. The number of ether oxygens (including phenoxy) is 1. The standard InChI is InChI=1S/C27H28N2O2/c28-27(30)23-11-13-26-22(17-23)10-9-21-15-20(8-12-25(21)31-26)18-29-14-4-7-24(29)16-19-5-2-1-3-6-19/h1-3,5-6,8,11-13,15,17,24H,4,7,9-10,14,16,18H2,(H2,28,30). The van der Waals surface area contributed by atoms with Crippen molar-refractivity contribution in [3.05, 3.63) is 94.5 Å². The molecule has 158 valence electrons. The van der Waals surface area contributed by atoms with E-state index in [-0.39, 0.29) is 0 Å². The number of amides is 1. The third kappa shape index (κ3) is 4.35. The molecule has 2 aliphatic rings. The van der Waals surface area contributed by atoms with E-state index in [1.807, 2.05) is 12.1 Å². The Bertz CT molecular complexity index is 1090. The van der Waals surface area contributed by atoms with Gasteiger partial charge in [0, 0.05) is 18.2 Å². The highest BCUT2D eigenvalue weighted by atomic mass is 16.5. The van der Waals surface area contributed by atoms with Crippen LogP contribution in [0.5, 0.6) is 11.5 Å². The van der Waals surface area contributed by atoms with E-state index in [1.165, 1.54) is 29.5 Å². The number of benzene rings is 3. The molecule has 1 saturated heterocycles. The van der Waals surface area contributed by atoms with Crippen LogP contribution in [0.1, 0.15) is 45.5 Å². The molecule has 5 rings (SSSR count). The number of carbonyl (C=O) groups is 1. The molecule has 2 N–H and O–H groups in total. The predicted molar refractivity (Wildman–Crippen MR) is 122 cm³/mol. The van der Waals surface area contributed by atoms with E-state index >= 15 is 0 Å². The number of hydrogen-bond acceptors (Lipinski definition) is 3. The van der Waals surface area contributed by atoms with Crippen LogP contribution in [0.4, 0.5) is 0 Å². The molecule has 0 aromatic heterocycles. The summed E-state index contributed by atoms with van der Waals surface area (Å²) < 4.78 is 6.20. The summed E-state index contributed by atoms with van der Waals surface area (Å²) in [6.45, 7) is 2.13. The van der Waals surface area contributed by atoms with Gasteiger partial charge in [0.1, 0.15) is 11.5 Å². The fourth-order valence-corrected chi connectivity index (χ4v) is 4.90. The summed E-state index contributed by atoms with van der Waals surface area (Å²) in [5.74, 6) is 1.33. The van der Waals surface area contributed by atoms with E-state index in [4.69, 9.17) is 10.5 Å². The van der Waals surface area contributed by atoms with Crippen molar-refractivity contribution in [2.45, 2.75) is 44.7 Å². The van der Waals surface area contributed by atoms with E-state index in [9.17, 15) is 4.79 Å². The zero-order chi connectivity index (χ0) is 21.2. The first-order valence-electron chi connectivity index (χ1n) is 11.2. The van der Waals surface area contributed by atoms with Gasteiger partial charge in [-0.2, -0.15) is 0 Å². The molecule has 0 aliphatic carbocycles. The Kier molecular flexibility index (Phi) is 5.47. The average molecular weight is 413 g/mol. The maximum Gasteiger partial charge on any atom is 0.248 e. The van der Waals surface area contributed by atoms with Crippen LogP contribution in [0, 0.1) is 0 Å². The van der Waals surface area contributed by atoms with Gasteiger partial charge in [-0.3, -0.25) is 9.69 Å². The molecular weight excluding hydrogens is 384 g/mol. The van der Waals surface area contributed by atoms with Crippen LogP contribution < -0.4 is 10.5 Å². The lowest BCUT2D eigenvalue weighted by Crippen LogP contribution is -2.30. The summed E-state index contributed by atoms with van der Waals surface area (Å²) >= 11 is 0. The molecule has 0 bridgehead atoms. The molecule has 4 nitrogen and oxygen atoms in total. The number of fused-ring (bicyclic) bond motifs is 2. The van der Waals surface area contributed by atoms with Gasteiger partial charge in [-0.1, -0.05) is 42.5 Å². The fourth-order valence-electron chi connectivity index (χ4n) is 4.90. The number of primary amides is 1. The van der Waals surface area contributed by atoms with Gasteiger partial charge in [-0.05, 0) is 85.2 Å². The predicted octanol–water partition coefficient (Wildman–Crippen LogP) is 4.88. The van der Waals surface area contributed by atoms with Crippen molar-refractivity contribution < 1.29 is 9.53 Å². The topological polar surface area (TPSA) is 55.6 Å². The minimum absolute atomic E-state index is 0.400. The van der Waals surface area contributed by atoms with Gasteiger partial charge in [0.05, 0.1) is 0 Å².